The number of aryl methyl sites for hydroxylation is 2. The molecular formula is C23H23F3N4O2S. The smallest absolute Gasteiger partial charge is 0.354 e. The van der Waals surface area contributed by atoms with Crippen molar-refractivity contribution in [3.8, 4) is 11.4 Å². The zero-order valence-corrected chi connectivity index (χ0v) is 19.0. The Balaban J connectivity index is 1.51. The quantitative estimate of drug-likeness (QED) is 0.562. The number of benzene rings is 2. The molecule has 0 amide bonds. The van der Waals surface area contributed by atoms with Gasteiger partial charge in [-0.1, -0.05) is 29.8 Å². The van der Waals surface area contributed by atoms with Crippen LogP contribution in [0.5, 0.6) is 0 Å². The van der Waals surface area contributed by atoms with Gasteiger partial charge in [-0.05, 0) is 38.1 Å². The van der Waals surface area contributed by atoms with Gasteiger partial charge in [0.15, 0.2) is 5.82 Å². The molecule has 0 N–H and O–H groups in total. The predicted octanol–water partition coefficient (Wildman–Crippen LogP) is 4.29. The summed E-state index contributed by atoms with van der Waals surface area (Å²) in [7, 11) is -3.58. The van der Waals surface area contributed by atoms with Gasteiger partial charge in [0.2, 0.25) is 10.0 Å². The van der Waals surface area contributed by atoms with E-state index in [0.717, 1.165) is 17.7 Å². The van der Waals surface area contributed by atoms with E-state index in [2.05, 4.69) is 9.97 Å². The molecule has 0 spiro atoms. The first-order valence-electron chi connectivity index (χ1n) is 10.4. The minimum absolute atomic E-state index is 0.268. The number of hydrogen-bond donors (Lipinski definition) is 0. The van der Waals surface area contributed by atoms with E-state index in [1.165, 1.54) is 16.4 Å². The van der Waals surface area contributed by atoms with E-state index in [9.17, 15) is 21.6 Å². The molecule has 0 saturated carbocycles. The molecular weight excluding hydrogens is 453 g/mol. The van der Waals surface area contributed by atoms with E-state index >= 15 is 0 Å². The number of sulfonamides is 1. The summed E-state index contributed by atoms with van der Waals surface area (Å²) in [5.74, 6) is 0.943. The lowest BCUT2D eigenvalue weighted by Gasteiger charge is -2.34. The molecule has 1 aliphatic heterocycles. The second kappa shape index (κ2) is 8.75. The largest absolute Gasteiger partial charge is 0.416 e. The van der Waals surface area contributed by atoms with E-state index in [1.807, 2.05) is 11.8 Å². The highest BCUT2D eigenvalue weighted by Crippen LogP contribution is 2.31. The number of nitrogens with zero attached hydrogens (tertiary/aromatic N) is 4. The van der Waals surface area contributed by atoms with E-state index < -0.39 is 21.8 Å². The first kappa shape index (κ1) is 23.2. The van der Waals surface area contributed by atoms with Gasteiger partial charge in [-0.15, -0.1) is 0 Å². The standard InChI is InChI=1S/C23H23F3N4O2S/c1-16-3-9-20(10-4-16)33(31,32)30-13-11-29(12-14-30)21-15-17(2)27-22(28-21)18-5-7-19(8-6-18)23(24,25)26/h3-10,15H,11-14H2,1-2H3. The van der Waals surface area contributed by atoms with Crippen LogP contribution < -0.4 is 4.90 Å². The second-order valence-corrected chi connectivity index (χ2v) is 9.91. The van der Waals surface area contributed by atoms with Crippen molar-refractivity contribution in [2.24, 2.45) is 0 Å². The summed E-state index contributed by atoms with van der Waals surface area (Å²) >= 11 is 0. The van der Waals surface area contributed by atoms with Crippen LogP contribution in [0.25, 0.3) is 11.4 Å². The van der Waals surface area contributed by atoms with Gasteiger partial charge in [0, 0.05) is 43.5 Å². The molecule has 2 aromatic carbocycles. The van der Waals surface area contributed by atoms with Crippen molar-refractivity contribution in [3.63, 3.8) is 0 Å². The molecule has 1 fully saturated rings. The summed E-state index contributed by atoms with van der Waals surface area (Å²) in [6.07, 6.45) is -4.41. The Hall–Kier alpha value is -2.98. The summed E-state index contributed by atoms with van der Waals surface area (Å²) in [6.45, 7) is 5.17. The normalized spacial score (nSPS) is 15.6. The Morgan fingerprint density at radius 2 is 1.45 bits per heavy atom. The van der Waals surface area contributed by atoms with Gasteiger partial charge in [-0.2, -0.15) is 17.5 Å². The molecule has 2 heterocycles. The maximum Gasteiger partial charge on any atom is 0.416 e. The van der Waals surface area contributed by atoms with Gasteiger partial charge in [0.05, 0.1) is 10.5 Å². The van der Waals surface area contributed by atoms with Crippen LogP contribution in [-0.4, -0.2) is 48.9 Å². The lowest BCUT2D eigenvalue weighted by molar-refractivity contribution is -0.137. The Kier molecular flexibility index (Phi) is 6.15. The fourth-order valence-electron chi connectivity index (χ4n) is 3.67. The highest BCUT2D eigenvalue weighted by atomic mass is 32.2. The highest BCUT2D eigenvalue weighted by Gasteiger charge is 2.31. The van der Waals surface area contributed by atoms with Gasteiger partial charge in [-0.3, -0.25) is 0 Å². The van der Waals surface area contributed by atoms with Crippen LogP contribution >= 0.6 is 0 Å². The summed E-state index contributed by atoms with van der Waals surface area (Å²) in [6, 6.07) is 13.3. The number of anilines is 1. The number of rotatable bonds is 4. The summed E-state index contributed by atoms with van der Waals surface area (Å²) in [4.78, 5) is 11.1. The maximum atomic E-state index is 12.9. The minimum atomic E-state index is -4.41. The third-order valence-corrected chi connectivity index (χ3v) is 7.45. The first-order valence-corrected chi connectivity index (χ1v) is 11.8. The van der Waals surface area contributed by atoms with Crippen molar-refractivity contribution < 1.29 is 21.6 Å². The van der Waals surface area contributed by atoms with Gasteiger partial charge in [0.25, 0.3) is 0 Å². The second-order valence-electron chi connectivity index (χ2n) is 7.97. The minimum Gasteiger partial charge on any atom is -0.354 e. The summed E-state index contributed by atoms with van der Waals surface area (Å²) < 4.78 is 65.9. The molecule has 174 valence electrons. The molecule has 4 rings (SSSR count). The molecule has 10 heteroatoms. The maximum absolute atomic E-state index is 12.9. The van der Waals surface area contributed by atoms with Crippen molar-refractivity contribution >= 4 is 15.8 Å². The average Bonchev–Trinajstić information content (AvgIpc) is 2.78. The lowest BCUT2D eigenvalue weighted by Crippen LogP contribution is -2.49. The van der Waals surface area contributed by atoms with Crippen LogP contribution in [-0.2, 0) is 16.2 Å². The molecule has 1 aromatic heterocycles. The Bertz CT molecular complexity index is 1240. The van der Waals surface area contributed by atoms with E-state index in [1.54, 1.807) is 37.3 Å². The van der Waals surface area contributed by atoms with Crippen molar-refractivity contribution in [1.82, 2.24) is 14.3 Å². The SMILES string of the molecule is Cc1ccc(S(=O)(=O)N2CCN(c3cc(C)nc(-c4ccc(C(F)(F)F)cc4)n3)CC2)cc1. The number of alkyl halides is 3. The van der Waals surface area contributed by atoms with Crippen LogP contribution in [0, 0.1) is 13.8 Å². The van der Waals surface area contributed by atoms with Crippen LogP contribution in [0.3, 0.4) is 0 Å². The van der Waals surface area contributed by atoms with Crippen molar-refractivity contribution in [2.45, 2.75) is 24.9 Å². The fraction of sp³-hybridized carbons (Fsp3) is 0.304. The van der Waals surface area contributed by atoms with E-state index in [4.69, 9.17) is 0 Å². The molecule has 3 aromatic rings. The highest BCUT2D eigenvalue weighted by molar-refractivity contribution is 7.89. The Labute approximate surface area is 190 Å². The Morgan fingerprint density at radius 1 is 0.848 bits per heavy atom. The summed E-state index contributed by atoms with van der Waals surface area (Å²) in [5, 5.41) is 0. The van der Waals surface area contributed by atoms with Crippen LogP contribution in [0.1, 0.15) is 16.8 Å². The zero-order valence-electron chi connectivity index (χ0n) is 18.2. The molecule has 0 radical (unpaired) electrons. The van der Waals surface area contributed by atoms with Crippen LogP contribution in [0.4, 0.5) is 19.0 Å². The molecule has 1 aliphatic rings. The molecule has 6 nitrogen and oxygen atoms in total. The summed E-state index contributed by atoms with van der Waals surface area (Å²) in [5.41, 5.74) is 1.41. The number of hydrogen-bond acceptors (Lipinski definition) is 5. The van der Waals surface area contributed by atoms with E-state index in [-0.39, 0.29) is 4.90 Å². The van der Waals surface area contributed by atoms with Gasteiger partial charge in [0.1, 0.15) is 5.82 Å². The number of halogens is 3. The van der Waals surface area contributed by atoms with Crippen molar-refractivity contribution in [2.75, 3.05) is 31.1 Å². The van der Waals surface area contributed by atoms with Gasteiger partial charge < -0.3 is 4.90 Å². The Morgan fingerprint density at radius 3 is 2.03 bits per heavy atom. The van der Waals surface area contributed by atoms with E-state index in [0.29, 0.717) is 49.1 Å². The van der Waals surface area contributed by atoms with Gasteiger partial charge >= 0.3 is 6.18 Å². The van der Waals surface area contributed by atoms with Crippen molar-refractivity contribution in [1.29, 1.82) is 0 Å². The van der Waals surface area contributed by atoms with Gasteiger partial charge in [-0.25, -0.2) is 18.4 Å². The molecule has 0 unspecified atom stereocenters. The topological polar surface area (TPSA) is 66.4 Å². The first-order chi connectivity index (χ1) is 15.5. The number of aromatic nitrogens is 2. The number of piperazine rings is 1. The zero-order chi connectivity index (χ0) is 23.8. The lowest BCUT2D eigenvalue weighted by atomic mass is 10.1. The molecule has 0 aliphatic carbocycles. The van der Waals surface area contributed by atoms with Crippen LogP contribution in [0.2, 0.25) is 0 Å². The molecule has 0 bridgehead atoms. The van der Waals surface area contributed by atoms with Crippen molar-refractivity contribution in [3.05, 3.63) is 71.4 Å². The van der Waals surface area contributed by atoms with Crippen LogP contribution in [0.15, 0.2) is 59.5 Å². The monoisotopic (exact) mass is 476 g/mol. The fourth-order valence-corrected chi connectivity index (χ4v) is 5.09. The third kappa shape index (κ3) is 5.01. The third-order valence-electron chi connectivity index (χ3n) is 5.53. The molecule has 33 heavy (non-hydrogen) atoms. The molecule has 1 saturated heterocycles. The molecule has 0 atom stereocenters. The average molecular weight is 477 g/mol. The predicted molar refractivity (Wildman–Crippen MR) is 119 cm³/mol.